The summed E-state index contributed by atoms with van der Waals surface area (Å²) >= 11 is 1.40. The number of pyridine rings is 2. The molecular weight excluding hydrogens is 1320 g/mol. The Morgan fingerprint density at radius 1 is 0.830 bits per heavy atom. The number of benzene rings is 1. The highest BCUT2D eigenvalue weighted by molar-refractivity contribution is 8.00. The van der Waals surface area contributed by atoms with Gasteiger partial charge >= 0.3 is 5.97 Å². The fourth-order valence-electron chi connectivity index (χ4n) is 13.7. The number of nitrogens with zero attached hydrogens (tertiary/aromatic N) is 3. The van der Waals surface area contributed by atoms with Crippen LogP contribution in [0, 0.1) is 35.9 Å². The Balaban J connectivity index is 0.854. The molecule has 0 spiro atoms. The zero-order chi connectivity index (χ0) is 73.3. The minimum absolute atomic E-state index is 0.0000982. The molecule has 1 aromatic carbocycles. The number of likely N-dealkylation sites (tertiary alicyclic amines) is 1. The summed E-state index contributed by atoms with van der Waals surface area (Å²) in [4.78, 5) is 140. The molecule has 5 heterocycles. The first-order valence-electron chi connectivity index (χ1n) is 35.6. The van der Waals surface area contributed by atoms with Crippen molar-refractivity contribution in [3.8, 4) is 11.4 Å². The Bertz CT molecular complexity index is 3490. The van der Waals surface area contributed by atoms with Crippen LogP contribution in [0.2, 0.25) is 0 Å². The van der Waals surface area contributed by atoms with Gasteiger partial charge in [-0.15, -0.1) is 11.8 Å². The van der Waals surface area contributed by atoms with E-state index in [1.54, 1.807) is 33.8 Å². The Hall–Kier alpha value is -6.79. The number of Topliss-reactive ketones (excluding diaryl/α,β-unsaturated/α-hetero) is 1. The van der Waals surface area contributed by atoms with Gasteiger partial charge < -0.3 is 71.3 Å². The van der Waals surface area contributed by atoms with Gasteiger partial charge in [-0.3, -0.25) is 48.1 Å². The number of esters is 1. The fraction of sp³-hybridized carbons (Fsp3) is 0.681. The van der Waals surface area contributed by atoms with Crippen LogP contribution < -0.4 is 32.1 Å². The normalized spacial score (nSPS) is 20.3. The van der Waals surface area contributed by atoms with Crippen molar-refractivity contribution in [1.82, 2.24) is 41.0 Å². The van der Waals surface area contributed by atoms with Crippen molar-refractivity contribution in [1.29, 1.82) is 0 Å². The van der Waals surface area contributed by atoms with Crippen LogP contribution in [0.25, 0.3) is 22.3 Å². The van der Waals surface area contributed by atoms with Gasteiger partial charge in [0.2, 0.25) is 41.4 Å². The second-order valence-electron chi connectivity index (χ2n) is 28.4. The summed E-state index contributed by atoms with van der Waals surface area (Å²) < 4.78 is 27.9. The summed E-state index contributed by atoms with van der Waals surface area (Å²) in [6, 6.07) is 1.08. The smallest absolute Gasteiger partial charge is 0.343 e. The maximum atomic E-state index is 15.5. The van der Waals surface area contributed by atoms with E-state index in [-0.39, 0.29) is 92.4 Å². The molecule has 0 radical (unpaired) electrons. The Kier molecular flexibility index (Phi) is 29.7. The molecule has 554 valence electrons. The molecular formula is C72H105FN8O18S. The number of hydrogen-bond donors (Lipinski definition) is 11. The second-order valence-corrected chi connectivity index (χ2v) is 29.7. The van der Waals surface area contributed by atoms with Crippen LogP contribution in [-0.2, 0) is 77.8 Å². The number of amides is 7. The van der Waals surface area contributed by atoms with Crippen LogP contribution in [0.1, 0.15) is 198 Å². The summed E-state index contributed by atoms with van der Waals surface area (Å²) in [5, 5.41) is 73.8. The first kappa shape index (κ1) is 80.5. The first-order chi connectivity index (χ1) is 47.5. The van der Waals surface area contributed by atoms with Gasteiger partial charge in [-0.05, 0) is 132 Å². The molecule has 2 fully saturated rings. The van der Waals surface area contributed by atoms with Gasteiger partial charge in [-0.2, -0.15) is 0 Å². The quantitative estimate of drug-likeness (QED) is 0.0129. The molecule has 9 atom stereocenters. The monoisotopic (exact) mass is 1420 g/mol. The molecule has 0 bridgehead atoms. The molecule has 1 saturated carbocycles. The Labute approximate surface area is 587 Å². The number of nitrogens with one attached hydrogen (secondary N) is 5. The van der Waals surface area contributed by atoms with Gasteiger partial charge in [-0.1, -0.05) is 73.6 Å². The van der Waals surface area contributed by atoms with Crippen LogP contribution >= 0.6 is 11.8 Å². The van der Waals surface area contributed by atoms with Crippen molar-refractivity contribution in [2.24, 2.45) is 23.2 Å². The maximum absolute atomic E-state index is 15.5. The number of ether oxygens (including phenoxy) is 2. The van der Waals surface area contributed by atoms with E-state index in [9.17, 15) is 73.5 Å². The van der Waals surface area contributed by atoms with E-state index in [1.165, 1.54) is 34.2 Å². The van der Waals surface area contributed by atoms with E-state index in [1.807, 2.05) is 6.07 Å². The summed E-state index contributed by atoms with van der Waals surface area (Å²) in [5.74, 6) is -4.73. The highest BCUT2D eigenvalue weighted by atomic mass is 32.2. The molecule has 4 aliphatic rings. The number of cyclic esters (lactones) is 1. The Morgan fingerprint density at radius 3 is 2.23 bits per heavy atom. The standard InChI is InChI=1S/C72H105FN8O18S/c1-9-11-12-16-27-71(7,8)64(90)44-23-21-43(22-24-44)35-81-59(87)33-56(69(81)95)100-29-18-13-14-20-58(86)77-51(25-26-57(85)74-34-54(83)62(88)63(89)55(84)37-82)66(92)79-60(40(3)4)67(93)76-42(6)65(91)75-39-98-28-17-15-19-46-41(5)50(73)32-52-47(46)30-45-36-80-53(61(45)78-52)31-49-48(68(80)94)38-99-70(96)72(49,97)10-2/h30-32,40,42-44,51,54-56,60,62-63,82-84,88-89,97H,9-29,33-39H2,1-8H3,(H,74,85)(H,75,91)(H,76,93)(H,77,86)(H,79,92)/t42-,43?,44?,51-,54-,55+,56?,60-,62+,63+,72-/m0/s1. The molecule has 1 unspecified atom stereocenters. The molecule has 1 aliphatic carbocycles. The number of carbonyl (C=O) groups excluding carboxylic acids is 9. The van der Waals surface area contributed by atoms with Gasteiger partial charge in [0.25, 0.3) is 5.56 Å². The van der Waals surface area contributed by atoms with Gasteiger partial charge in [-0.25, -0.2) is 14.2 Å². The molecule has 26 nitrogen and oxygen atoms in total. The lowest BCUT2D eigenvalue weighted by molar-refractivity contribution is -0.172. The summed E-state index contributed by atoms with van der Waals surface area (Å²) in [6.45, 7) is 13.0. The largest absolute Gasteiger partial charge is 0.458 e. The molecule has 2 aromatic heterocycles. The SMILES string of the molecule is CCCCCCC(C)(C)C(=O)C1CCC(CN2C(=O)CC(SCCCCCC(=O)N[C@@H](CCC(=O)NC[C@H](O)[C@@H](O)[C@H](O)[C@H](O)CO)C(=O)N[C@H](C(=O)N[C@@H](C)C(=O)NCOCCCCc3c(C)c(F)cc4nc5c(cc34)Cn3c-5cc4c(c3=O)COC(=O)[C@]4(O)CC)C(C)C)C2=O)CC1. The second kappa shape index (κ2) is 36.9. The predicted molar refractivity (Wildman–Crippen MR) is 370 cm³/mol. The average molecular weight is 1420 g/mol. The Morgan fingerprint density at radius 2 is 1.54 bits per heavy atom. The highest BCUT2D eigenvalue weighted by Gasteiger charge is 2.46. The minimum Gasteiger partial charge on any atom is -0.458 e. The van der Waals surface area contributed by atoms with Crippen LogP contribution in [0.4, 0.5) is 4.39 Å². The van der Waals surface area contributed by atoms with Crippen molar-refractivity contribution in [2.75, 3.05) is 38.8 Å². The third-order valence-electron chi connectivity index (χ3n) is 20.2. The number of carbonyl (C=O) groups is 9. The highest BCUT2D eigenvalue weighted by Crippen LogP contribution is 2.41. The number of aliphatic hydroxyl groups excluding tert-OH is 5. The number of hydrogen-bond acceptors (Lipinski definition) is 20. The fourth-order valence-corrected chi connectivity index (χ4v) is 14.9. The topological polar surface area (TPSA) is 392 Å². The van der Waals surface area contributed by atoms with E-state index in [4.69, 9.17) is 19.6 Å². The number of fused-ring (bicyclic) bond motifs is 5. The van der Waals surface area contributed by atoms with Crippen LogP contribution in [0.3, 0.4) is 0 Å². The summed E-state index contributed by atoms with van der Waals surface area (Å²) in [5.41, 5.74) is 0.689. The lowest BCUT2D eigenvalue weighted by atomic mass is 9.71. The molecule has 3 aromatic rings. The van der Waals surface area contributed by atoms with E-state index in [0.717, 1.165) is 63.4 Å². The number of unbranched alkanes of at least 4 members (excludes halogenated alkanes) is 6. The van der Waals surface area contributed by atoms with E-state index in [0.29, 0.717) is 90.0 Å². The number of halogens is 1. The zero-order valence-electron chi connectivity index (χ0n) is 59.1. The van der Waals surface area contributed by atoms with Crippen molar-refractivity contribution in [3.63, 3.8) is 0 Å². The van der Waals surface area contributed by atoms with Crippen molar-refractivity contribution >= 4 is 75.8 Å². The van der Waals surface area contributed by atoms with Crippen molar-refractivity contribution in [2.45, 2.75) is 250 Å². The molecule has 7 rings (SSSR count). The maximum Gasteiger partial charge on any atom is 0.343 e. The van der Waals surface area contributed by atoms with Gasteiger partial charge in [0.15, 0.2) is 5.60 Å². The number of thioether (sulfide) groups is 1. The van der Waals surface area contributed by atoms with Gasteiger partial charge in [0.1, 0.15) is 61.4 Å². The van der Waals surface area contributed by atoms with E-state index in [2.05, 4.69) is 47.4 Å². The number of aliphatic hydroxyl groups is 6. The van der Waals surface area contributed by atoms with Crippen molar-refractivity contribution < 1.29 is 87.7 Å². The minimum atomic E-state index is -2.00. The number of ketones is 1. The van der Waals surface area contributed by atoms with E-state index >= 15 is 4.39 Å². The number of rotatable bonds is 40. The van der Waals surface area contributed by atoms with E-state index < -0.39 is 126 Å². The molecule has 28 heteroatoms. The van der Waals surface area contributed by atoms with Gasteiger partial charge in [0, 0.05) is 72.9 Å². The predicted octanol–water partition coefficient (Wildman–Crippen LogP) is 4.20. The number of imide groups is 1. The third-order valence-corrected chi connectivity index (χ3v) is 21.4. The molecule has 100 heavy (non-hydrogen) atoms. The molecule has 11 N–H and O–H groups in total. The summed E-state index contributed by atoms with van der Waals surface area (Å²) in [7, 11) is 0. The number of aromatic nitrogens is 2. The lowest BCUT2D eigenvalue weighted by Crippen LogP contribution is -2.58. The zero-order valence-corrected chi connectivity index (χ0v) is 59.9. The lowest BCUT2D eigenvalue weighted by Gasteiger charge is -2.34. The third kappa shape index (κ3) is 20.3. The first-order valence-corrected chi connectivity index (χ1v) is 36.7. The van der Waals surface area contributed by atoms with Crippen LogP contribution in [0.5, 0.6) is 0 Å². The average Bonchev–Trinajstić information content (AvgIpc) is 1.59. The van der Waals surface area contributed by atoms with Gasteiger partial charge in [0.05, 0.1) is 47.0 Å². The summed E-state index contributed by atoms with van der Waals surface area (Å²) in [6.07, 6.45) is 3.35. The van der Waals surface area contributed by atoms with Crippen LogP contribution in [0.15, 0.2) is 23.0 Å². The number of aryl methyl sites for hydroxylation is 1. The molecule has 3 aliphatic heterocycles. The van der Waals surface area contributed by atoms with Crippen LogP contribution in [-0.4, -0.2) is 185 Å². The van der Waals surface area contributed by atoms with Crippen molar-refractivity contribution in [3.05, 3.63) is 62.2 Å². The molecule has 1 saturated heterocycles. The molecule has 7 amide bonds.